The number of carbonyl (C=O) groups is 2. The maximum Gasteiger partial charge on any atom is 0.262 e. The van der Waals surface area contributed by atoms with Crippen molar-refractivity contribution in [3.8, 4) is 22.8 Å². The summed E-state index contributed by atoms with van der Waals surface area (Å²) in [5, 5.41) is 17.8. The van der Waals surface area contributed by atoms with Crippen molar-refractivity contribution in [2.75, 3.05) is 33.0 Å². The lowest BCUT2D eigenvalue weighted by molar-refractivity contribution is -0.144. The first-order chi connectivity index (χ1) is 15.7. The van der Waals surface area contributed by atoms with Gasteiger partial charge in [-0.3, -0.25) is 9.59 Å². The van der Waals surface area contributed by atoms with Crippen molar-refractivity contribution >= 4 is 17.8 Å². The first-order valence-electron chi connectivity index (χ1n) is 10.4. The topological polar surface area (TPSA) is 138 Å². The Balaban J connectivity index is 1.58. The molecule has 3 aromatic heterocycles. The van der Waals surface area contributed by atoms with Gasteiger partial charge in [0.2, 0.25) is 17.5 Å². The Morgan fingerprint density at radius 1 is 1.21 bits per heavy atom. The second-order valence-corrected chi connectivity index (χ2v) is 8.19. The van der Waals surface area contributed by atoms with E-state index in [1.807, 2.05) is 0 Å². The predicted molar refractivity (Wildman–Crippen MR) is 119 cm³/mol. The van der Waals surface area contributed by atoms with E-state index in [0.29, 0.717) is 35.3 Å². The van der Waals surface area contributed by atoms with Crippen LogP contribution in [0.3, 0.4) is 0 Å². The fourth-order valence-corrected chi connectivity index (χ4v) is 3.61. The van der Waals surface area contributed by atoms with Crippen LogP contribution in [0.4, 0.5) is 5.95 Å². The smallest absolute Gasteiger partial charge is 0.262 e. The Bertz CT molecular complexity index is 1190. The average molecular weight is 451 g/mol. The molecule has 1 saturated heterocycles. The number of amides is 2. The first-order valence-corrected chi connectivity index (χ1v) is 10.4. The number of anilines is 1. The molecule has 0 spiro atoms. The number of rotatable bonds is 6. The number of likely N-dealkylation sites (tertiary alicyclic amines) is 1. The summed E-state index contributed by atoms with van der Waals surface area (Å²) >= 11 is 0. The number of carbonyl (C=O) groups excluding carboxylic acids is 2. The number of likely N-dealkylation sites (N-methyl/N-ethyl adjacent to an activating group) is 2. The van der Waals surface area contributed by atoms with E-state index < -0.39 is 17.6 Å². The molecule has 0 aliphatic carbocycles. The molecule has 0 saturated carbocycles. The summed E-state index contributed by atoms with van der Waals surface area (Å²) in [6.45, 7) is 2.17. The van der Waals surface area contributed by atoms with Gasteiger partial charge in [0.05, 0.1) is 17.1 Å². The highest BCUT2D eigenvalue weighted by atomic mass is 16.5. The van der Waals surface area contributed by atoms with Gasteiger partial charge in [0.15, 0.2) is 5.76 Å². The summed E-state index contributed by atoms with van der Waals surface area (Å²) in [5.74, 6) is -0.126. The third-order valence-electron chi connectivity index (χ3n) is 5.51. The molecule has 1 fully saturated rings. The lowest BCUT2D eigenvalue weighted by Crippen LogP contribution is -2.37. The van der Waals surface area contributed by atoms with E-state index >= 15 is 0 Å². The van der Waals surface area contributed by atoms with Gasteiger partial charge in [0.25, 0.3) is 5.91 Å². The molecule has 1 aliphatic heterocycles. The Morgan fingerprint density at radius 2 is 1.91 bits per heavy atom. The van der Waals surface area contributed by atoms with Crippen molar-refractivity contribution in [1.29, 1.82) is 0 Å². The molecule has 11 nitrogen and oxygen atoms in total. The van der Waals surface area contributed by atoms with E-state index in [1.165, 1.54) is 15.9 Å². The lowest BCUT2D eigenvalue weighted by Gasteiger charge is -2.18. The third kappa shape index (κ3) is 4.27. The largest absolute Gasteiger partial charge is 0.373 e. The van der Waals surface area contributed by atoms with Gasteiger partial charge in [-0.15, -0.1) is 0 Å². The number of hydrogen-bond acceptors (Lipinski definition) is 9. The van der Waals surface area contributed by atoms with Crippen LogP contribution in [-0.4, -0.2) is 80.6 Å². The average Bonchev–Trinajstić information content (AvgIpc) is 3.41. The van der Waals surface area contributed by atoms with Gasteiger partial charge in [-0.1, -0.05) is 11.2 Å². The maximum atomic E-state index is 12.3. The zero-order valence-electron chi connectivity index (χ0n) is 18.8. The molecule has 2 N–H and O–H groups in total. The quantitative estimate of drug-likeness (QED) is 0.565. The molecule has 0 radical (unpaired) electrons. The van der Waals surface area contributed by atoms with Crippen LogP contribution in [0.15, 0.2) is 41.1 Å². The second kappa shape index (κ2) is 8.58. The van der Waals surface area contributed by atoms with Crippen LogP contribution in [0.25, 0.3) is 22.8 Å². The number of aromatic nitrogens is 4. The van der Waals surface area contributed by atoms with Crippen molar-refractivity contribution in [3.63, 3.8) is 0 Å². The summed E-state index contributed by atoms with van der Waals surface area (Å²) in [6, 6.07) is 8.07. The summed E-state index contributed by atoms with van der Waals surface area (Å²) < 4.78 is 5.32. The van der Waals surface area contributed by atoms with E-state index in [2.05, 4.69) is 25.4 Å². The third-order valence-corrected chi connectivity index (χ3v) is 5.51. The Hall–Kier alpha value is -3.86. The van der Waals surface area contributed by atoms with E-state index in [9.17, 15) is 14.7 Å². The molecule has 0 aromatic carbocycles. The molecule has 2 amide bonds. The highest BCUT2D eigenvalue weighted by Crippen LogP contribution is 2.34. The SMILES string of the molecule is C[C@H](Nc1nccc(-c2cccc(-c3cc([C@]4(O)CCN(C)C4=O)on3)n2)n1)C(=O)N(C)C. The monoisotopic (exact) mass is 451 g/mol. The van der Waals surface area contributed by atoms with Crippen LogP contribution in [0.5, 0.6) is 0 Å². The van der Waals surface area contributed by atoms with Crippen molar-refractivity contribution in [2.24, 2.45) is 0 Å². The summed E-state index contributed by atoms with van der Waals surface area (Å²) in [6.07, 6.45) is 1.81. The fourth-order valence-electron chi connectivity index (χ4n) is 3.61. The summed E-state index contributed by atoms with van der Waals surface area (Å²) in [5.41, 5.74) is 0.276. The highest BCUT2D eigenvalue weighted by Gasteiger charge is 2.48. The van der Waals surface area contributed by atoms with Crippen LogP contribution in [0.2, 0.25) is 0 Å². The molecular formula is C22H25N7O4. The van der Waals surface area contributed by atoms with Gasteiger partial charge in [-0.25, -0.2) is 15.0 Å². The summed E-state index contributed by atoms with van der Waals surface area (Å²) in [7, 11) is 4.99. The molecule has 11 heteroatoms. The molecule has 4 rings (SSSR count). The van der Waals surface area contributed by atoms with Crippen LogP contribution in [-0.2, 0) is 15.2 Å². The van der Waals surface area contributed by atoms with Crippen LogP contribution in [0, 0.1) is 0 Å². The van der Waals surface area contributed by atoms with Crippen LogP contribution in [0.1, 0.15) is 19.1 Å². The highest BCUT2D eigenvalue weighted by molar-refractivity contribution is 5.87. The van der Waals surface area contributed by atoms with Crippen molar-refractivity contribution in [1.82, 2.24) is 29.9 Å². The minimum Gasteiger partial charge on any atom is -0.373 e. The van der Waals surface area contributed by atoms with Gasteiger partial charge >= 0.3 is 0 Å². The van der Waals surface area contributed by atoms with E-state index in [4.69, 9.17) is 4.52 Å². The molecule has 1 aliphatic rings. The fraction of sp³-hybridized carbons (Fsp3) is 0.364. The standard InChI is InChI=1S/C22H25N7O4/c1-13(19(30)28(2)3)24-21-23-10-8-16(26-21)14-6-5-7-15(25-14)17-12-18(33-27-17)22(32)9-11-29(4)20(22)31/h5-8,10,12-13,32H,9,11H2,1-4H3,(H,23,24,26)/t13-,22+/m0/s1. The van der Waals surface area contributed by atoms with Gasteiger partial charge in [-0.05, 0) is 25.1 Å². The molecule has 0 bridgehead atoms. The Labute approximate surface area is 190 Å². The molecule has 33 heavy (non-hydrogen) atoms. The maximum absolute atomic E-state index is 12.3. The number of pyridine rings is 1. The van der Waals surface area contributed by atoms with Crippen molar-refractivity contribution in [3.05, 3.63) is 42.3 Å². The summed E-state index contributed by atoms with van der Waals surface area (Å²) in [4.78, 5) is 40.6. The number of aliphatic hydroxyl groups is 1. The number of hydrogen-bond donors (Lipinski definition) is 2. The Kier molecular flexibility index (Phi) is 5.81. The van der Waals surface area contributed by atoms with Crippen LogP contribution >= 0.6 is 0 Å². The molecule has 4 heterocycles. The minimum atomic E-state index is -1.72. The molecule has 3 aromatic rings. The second-order valence-electron chi connectivity index (χ2n) is 8.19. The van der Waals surface area contributed by atoms with Gasteiger partial charge < -0.3 is 24.7 Å². The predicted octanol–water partition coefficient (Wildman–Crippen LogP) is 1.13. The van der Waals surface area contributed by atoms with E-state index in [0.717, 1.165) is 0 Å². The molecule has 0 unspecified atom stereocenters. The number of nitrogens with one attached hydrogen (secondary N) is 1. The van der Waals surface area contributed by atoms with Crippen molar-refractivity contribution < 1.29 is 19.2 Å². The van der Waals surface area contributed by atoms with Gasteiger partial charge in [-0.2, -0.15) is 0 Å². The minimum absolute atomic E-state index is 0.0899. The number of nitrogens with zero attached hydrogens (tertiary/aromatic N) is 6. The van der Waals surface area contributed by atoms with Gasteiger partial charge in [0, 0.05) is 46.4 Å². The zero-order valence-corrected chi connectivity index (χ0v) is 18.8. The van der Waals surface area contributed by atoms with Crippen LogP contribution < -0.4 is 5.32 Å². The van der Waals surface area contributed by atoms with Crippen molar-refractivity contribution in [2.45, 2.75) is 25.0 Å². The van der Waals surface area contributed by atoms with E-state index in [-0.39, 0.29) is 18.1 Å². The molecular weight excluding hydrogens is 426 g/mol. The molecule has 2 atom stereocenters. The van der Waals surface area contributed by atoms with Gasteiger partial charge in [0.1, 0.15) is 11.7 Å². The first kappa shape index (κ1) is 22.3. The lowest BCUT2D eigenvalue weighted by atomic mass is 9.98. The Morgan fingerprint density at radius 3 is 2.58 bits per heavy atom. The normalized spacial score (nSPS) is 18.9. The zero-order chi connectivity index (χ0) is 23.8. The molecule has 172 valence electrons. The van der Waals surface area contributed by atoms with E-state index in [1.54, 1.807) is 58.5 Å².